The molecule has 4 rings (SSSR count). The molecular formula is C20H14OS. The summed E-state index contributed by atoms with van der Waals surface area (Å²) in [6, 6.07) is 28.3. The van der Waals surface area contributed by atoms with Crippen LogP contribution in [0, 0.1) is 0 Å². The van der Waals surface area contributed by atoms with E-state index in [-0.39, 0.29) is 0 Å². The van der Waals surface area contributed by atoms with E-state index >= 15 is 0 Å². The highest BCUT2D eigenvalue weighted by molar-refractivity contribution is 7.91. The molecule has 4 aromatic carbocycles. The Hall–Kier alpha value is -2.29. The summed E-state index contributed by atoms with van der Waals surface area (Å²) in [5.41, 5.74) is 0. The lowest BCUT2D eigenvalue weighted by molar-refractivity contribution is 0.595. The van der Waals surface area contributed by atoms with Gasteiger partial charge in [0.15, 0.2) is 9.79 Å². The standard InChI is InChI=1S/C20H14OS/c21-22(19-11-9-15-5-1-3-7-17(15)13-19)20-12-10-16-6-2-4-8-18(16)14-20/h1-14H. The van der Waals surface area contributed by atoms with Gasteiger partial charge in [-0.05, 0) is 45.8 Å². The first-order valence-corrected chi connectivity index (χ1v) is 8.36. The van der Waals surface area contributed by atoms with E-state index < -0.39 is 11.2 Å². The Morgan fingerprint density at radius 2 is 0.909 bits per heavy atom. The van der Waals surface area contributed by atoms with Crippen molar-refractivity contribution in [2.75, 3.05) is 0 Å². The fraction of sp³-hybridized carbons (Fsp3) is 0. The molecule has 0 bridgehead atoms. The molecule has 0 N–H and O–H groups in total. The Morgan fingerprint density at radius 1 is 0.500 bits per heavy atom. The zero-order valence-corrected chi connectivity index (χ0v) is 12.7. The monoisotopic (exact) mass is 302 g/mol. The molecule has 22 heavy (non-hydrogen) atoms. The number of benzene rings is 4. The van der Waals surface area contributed by atoms with Crippen molar-refractivity contribution >= 4 is 32.7 Å². The zero-order chi connectivity index (χ0) is 14.9. The summed E-state index contributed by atoms with van der Waals surface area (Å²) in [6.07, 6.45) is 0. The Balaban J connectivity index is 1.78. The van der Waals surface area contributed by atoms with Crippen LogP contribution in [0.3, 0.4) is 0 Å². The predicted octanol–water partition coefficient (Wildman–Crippen LogP) is 5.16. The van der Waals surface area contributed by atoms with Crippen molar-refractivity contribution in [2.45, 2.75) is 9.79 Å². The van der Waals surface area contributed by atoms with Gasteiger partial charge < -0.3 is 4.55 Å². The fourth-order valence-corrected chi connectivity index (χ4v) is 3.82. The summed E-state index contributed by atoms with van der Waals surface area (Å²) in [6.45, 7) is 0. The van der Waals surface area contributed by atoms with Crippen molar-refractivity contribution in [3.8, 4) is 0 Å². The summed E-state index contributed by atoms with van der Waals surface area (Å²) in [5, 5.41) is 4.58. The van der Waals surface area contributed by atoms with Crippen LogP contribution in [0.5, 0.6) is 0 Å². The lowest BCUT2D eigenvalue weighted by Crippen LogP contribution is -2.01. The molecule has 0 aliphatic heterocycles. The third-order valence-corrected chi connectivity index (χ3v) is 5.23. The minimum Gasteiger partial charge on any atom is -0.606 e. The first kappa shape index (κ1) is 13.4. The Kier molecular flexibility index (Phi) is 3.34. The lowest BCUT2D eigenvalue weighted by atomic mass is 10.1. The first-order valence-electron chi connectivity index (χ1n) is 7.21. The molecular weight excluding hydrogens is 288 g/mol. The SMILES string of the molecule is [O-][S+](c1ccc2ccccc2c1)c1ccc2ccccc2c1. The van der Waals surface area contributed by atoms with Gasteiger partial charge in [0.2, 0.25) is 0 Å². The Bertz CT molecular complexity index is 882. The average Bonchev–Trinajstić information content (AvgIpc) is 2.60. The molecule has 0 heterocycles. The molecule has 0 aliphatic rings. The highest BCUT2D eigenvalue weighted by atomic mass is 32.2. The van der Waals surface area contributed by atoms with Crippen molar-refractivity contribution in [1.82, 2.24) is 0 Å². The summed E-state index contributed by atoms with van der Waals surface area (Å²) >= 11 is -1.16. The quantitative estimate of drug-likeness (QED) is 0.469. The summed E-state index contributed by atoms with van der Waals surface area (Å²) in [4.78, 5) is 1.68. The van der Waals surface area contributed by atoms with Crippen LogP contribution in [0.1, 0.15) is 0 Å². The van der Waals surface area contributed by atoms with Gasteiger partial charge >= 0.3 is 0 Å². The highest BCUT2D eigenvalue weighted by Gasteiger charge is 2.15. The van der Waals surface area contributed by atoms with Crippen LogP contribution in [0.15, 0.2) is 94.7 Å². The van der Waals surface area contributed by atoms with E-state index in [4.69, 9.17) is 0 Å². The molecule has 0 saturated heterocycles. The summed E-state index contributed by atoms with van der Waals surface area (Å²) < 4.78 is 12.8. The van der Waals surface area contributed by atoms with E-state index in [9.17, 15) is 4.55 Å². The molecule has 0 unspecified atom stereocenters. The van der Waals surface area contributed by atoms with Gasteiger partial charge in [-0.1, -0.05) is 48.5 Å². The largest absolute Gasteiger partial charge is 0.606 e. The van der Waals surface area contributed by atoms with E-state index in [1.165, 1.54) is 10.8 Å². The second kappa shape index (κ2) is 5.48. The van der Waals surface area contributed by atoms with Crippen molar-refractivity contribution in [3.63, 3.8) is 0 Å². The molecule has 0 atom stereocenters. The molecule has 0 aromatic heterocycles. The van der Waals surface area contributed by atoms with Gasteiger partial charge in [-0.15, -0.1) is 0 Å². The summed E-state index contributed by atoms with van der Waals surface area (Å²) in [5.74, 6) is 0. The van der Waals surface area contributed by atoms with Crippen LogP contribution < -0.4 is 0 Å². The lowest BCUT2D eigenvalue weighted by Gasteiger charge is -2.11. The predicted molar refractivity (Wildman–Crippen MR) is 92.6 cm³/mol. The van der Waals surface area contributed by atoms with Crippen LogP contribution in [0.25, 0.3) is 21.5 Å². The van der Waals surface area contributed by atoms with Gasteiger partial charge in [-0.25, -0.2) is 0 Å². The van der Waals surface area contributed by atoms with Crippen LogP contribution in [-0.2, 0) is 11.2 Å². The minimum absolute atomic E-state index is 0.842. The van der Waals surface area contributed by atoms with Crippen molar-refractivity contribution in [1.29, 1.82) is 0 Å². The van der Waals surface area contributed by atoms with Gasteiger partial charge in [0.05, 0.1) is 0 Å². The molecule has 0 amide bonds. The second-order valence-electron chi connectivity index (χ2n) is 5.29. The molecule has 0 spiro atoms. The third-order valence-electron chi connectivity index (χ3n) is 3.87. The molecule has 0 saturated carbocycles. The van der Waals surface area contributed by atoms with Gasteiger partial charge in [0.1, 0.15) is 0 Å². The van der Waals surface area contributed by atoms with E-state index in [0.717, 1.165) is 20.6 Å². The minimum atomic E-state index is -1.16. The van der Waals surface area contributed by atoms with Crippen molar-refractivity contribution in [2.24, 2.45) is 0 Å². The van der Waals surface area contributed by atoms with Gasteiger partial charge in [-0.3, -0.25) is 0 Å². The Morgan fingerprint density at radius 3 is 1.36 bits per heavy atom. The fourth-order valence-electron chi connectivity index (χ4n) is 2.70. The third kappa shape index (κ3) is 2.37. The topological polar surface area (TPSA) is 23.1 Å². The molecule has 0 aliphatic carbocycles. The maximum Gasteiger partial charge on any atom is 0.159 e. The van der Waals surface area contributed by atoms with Crippen molar-refractivity contribution < 1.29 is 4.55 Å². The molecule has 0 radical (unpaired) electrons. The van der Waals surface area contributed by atoms with Crippen LogP contribution in [0.4, 0.5) is 0 Å². The van der Waals surface area contributed by atoms with Crippen molar-refractivity contribution in [3.05, 3.63) is 84.9 Å². The normalized spacial score (nSPS) is 11.4. The number of fused-ring (bicyclic) bond motifs is 2. The van der Waals surface area contributed by atoms with E-state index in [2.05, 4.69) is 24.3 Å². The number of hydrogen-bond donors (Lipinski definition) is 0. The van der Waals surface area contributed by atoms with Crippen LogP contribution >= 0.6 is 0 Å². The Labute approximate surface area is 132 Å². The van der Waals surface area contributed by atoms with E-state index in [1.807, 2.05) is 60.7 Å². The highest BCUT2D eigenvalue weighted by Crippen LogP contribution is 2.27. The van der Waals surface area contributed by atoms with Gasteiger partial charge in [0.25, 0.3) is 0 Å². The van der Waals surface area contributed by atoms with Crippen LogP contribution in [0.2, 0.25) is 0 Å². The maximum atomic E-state index is 12.8. The smallest absolute Gasteiger partial charge is 0.159 e. The molecule has 2 heteroatoms. The molecule has 0 fully saturated rings. The zero-order valence-electron chi connectivity index (χ0n) is 11.9. The number of rotatable bonds is 2. The summed E-state index contributed by atoms with van der Waals surface area (Å²) in [7, 11) is 0. The van der Waals surface area contributed by atoms with E-state index in [0.29, 0.717) is 0 Å². The molecule has 1 nitrogen and oxygen atoms in total. The molecule has 106 valence electrons. The van der Waals surface area contributed by atoms with E-state index in [1.54, 1.807) is 0 Å². The molecule has 4 aromatic rings. The van der Waals surface area contributed by atoms with Gasteiger partial charge in [0, 0.05) is 23.3 Å². The van der Waals surface area contributed by atoms with Gasteiger partial charge in [-0.2, -0.15) is 0 Å². The second-order valence-corrected chi connectivity index (χ2v) is 6.77. The number of hydrogen-bond acceptors (Lipinski definition) is 1. The maximum absolute atomic E-state index is 12.8. The van der Waals surface area contributed by atoms with Crippen LogP contribution in [-0.4, -0.2) is 4.55 Å². The first-order chi connectivity index (χ1) is 10.8. The average molecular weight is 302 g/mol.